The van der Waals surface area contributed by atoms with Crippen LogP contribution in [0.15, 0.2) is 66.8 Å². The highest BCUT2D eigenvalue weighted by Gasteiger charge is 2.12. The van der Waals surface area contributed by atoms with Gasteiger partial charge in [-0.25, -0.2) is 0 Å². The van der Waals surface area contributed by atoms with Crippen molar-refractivity contribution in [3.63, 3.8) is 0 Å². The molecule has 24 heavy (non-hydrogen) atoms. The molecule has 0 fully saturated rings. The molecule has 120 valence electrons. The molecule has 0 aliphatic rings. The van der Waals surface area contributed by atoms with Crippen LogP contribution in [0.3, 0.4) is 0 Å². The summed E-state index contributed by atoms with van der Waals surface area (Å²) < 4.78 is 10.8. The van der Waals surface area contributed by atoms with E-state index in [1.165, 1.54) is 13.2 Å². The summed E-state index contributed by atoms with van der Waals surface area (Å²) in [6.07, 6.45) is 3.18. The smallest absolute Gasteiger partial charge is 0.203 e. The van der Waals surface area contributed by atoms with Crippen molar-refractivity contribution >= 4 is 11.9 Å². The van der Waals surface area contributed by atoms with Crippen LogP contribution in [0.1, 0.15) is 15.9 Å². The molecule has 2 rings (SSSR count). The lowest BCUT2D eigenvalue weighted by Crippen LogP contribution is -2.01. The minimum Gasteiger partial charge on any atom is -0.493 e. The summed E-state index contributed by atoms with van der Waals surface area (Å²) in [6, 6.07) is 15.9. The first kappa shape index (κ1) is 17.0. The number of carbonyl (C=O) groups is 1. The van der Waals surface area contributed by atoms with Gasteiger partial charge in [0.1, 0.15) is 18.2 Å². The van der Waals surface area contributed by atoms with Crippen molar-refractivity contribution in [2.45, 2.75) is 0 Å². The normalized spacial score (nSPS) is 10.6. The standard InChI is InChI=1S/C20H17NO3/c1-3-11-24-18-10-9-15(13-19(18)23-2)12-17(14-21)20(22)16-7-5-4-6-8-16/h3-10,12-13H,1,11H2,2H3. The molecule has 0 N–H and O–H groups in total. The molecule has 4 nitrogen and oxygen atoms in total. The Labute approximate surface area is 141 Å². The summed E-state index contributed by atoms with van der Waals surface area (Å²) in [6.45, 7) is 3.96. The van der Waals surface area contributed by atoms with E-state index in [9.17, 15) is 10.1 Å². The first-order valence-electron chi connectivity index (χ1n) is 7.33. The monoisotopic (exact) mass is 319 g/mol. The van der Waals surface area contributed by atoms with E-state index < -0.39 is 0 Å². The van der Waals surface area contributed by atoms with Crippen LogP contribution in [0.5, 0.6) is 11.5 Å². The third-order valence-corrected chi connectivity index (χ3v) is 3.26. The molecule has 0 atom stereocenters. The molecule has 0 heterocycles. The van der Waals surface area contributed by atoms with Gasteiger partial charge in [0.15, 0.2) is 11.5 Å². The van der Waals surface area contributed by atoms with Gasteiger partial charge in [-0.2, -0.15) is 5.26 Å². The van der Waals surface area contributed by atoms with Gasteiger partial charge in [0.2, 0.25) is 5.78 Å². The number of nitrogens with zero attached hydrogens (tertiary/aromatic N) is 1. The van der Waals surface area contributed by atoms with Gasteiger partial charge < -0.3 is 9.47 Å². The summed E-state index contributed by atoms with van der Waals surface area (Å²) in [7, 11) is 1.53. The van der Waals surface area contributed by atoms with Crippen LogP contribution in [0.4, 0.5) is 0 Å². The van der Waals surface area contributed by atoms with Crippen molar-refractivity contribution in [1.82, 2.24) is 0 Å². The van der Waals surface area contributed by atoms with Crippen LogP contribution in [0, 0.1) is 11.3 Å². The van der Waals surface area contributed by atoms with Crippen molar-refractivity contribution in [1.29, 1.82) is 5.26 Å². The second-order valence-electron chi connectivity index (χ2n) is 4.87. The molecule has 0 aliphatic carbocycles. The van der Waals surface area contributed by atoms with Gasteiger partial charge in [-0.1, -0.05) is 49.1 Å². The molecule has 0 saturated heterocycles. The quantitative estimate of drug-likeness (QED) is 0.334. The van der Waals surface area contributed by atoms with Crippen LogP contribution in [-0.4, -0.2) is 19.5 Å². The van der Waals surface area contributed by atoms with Crippen molar-refractivity contribution < 1.29 is 14.3 Å². The van der Waals surface area contributed by atoms with E-state index in [1.807, 2.05) is 12.1 Å². The van der Waals surface area contributed by atoms with E-state index in [2.05, 4.69) is 6.58 Å². The third kappa shape index (κ3) is 4.11. The highest BCUT2D eigenvalue weighted by atomic mass is 16.5. The Kier molecular flexibility index (Phi) is 5.93. The molecule has 0 amide bonds. The first-order chi connectivity index (χ1) is 11.7. The second kappa shape index (κ2) is 8.35. The van der Waals surface area contributed by atoms with Crippen LogP contribution in [0.2, 0.25) is 0 Å². The second-order valence-corrected chi connectivity index (χ2v) is 4.87. The maximum atomic E-state index is 12.4. The molecule has 2 aromatic rings. The minimum atomic E-state index is -0.316. The number of nitriles is 1. The van der Waals surface area contributed by atoms with Crippen LogP contribution in [-0.2, 0) is 0 Å². The van der Waals surface area contributed by atoms with Gasteiger partial charge in [0, 0.05) is 5.56 Å². The van der Waals surface area contributed by atoms with Crippen molar-refractivity contribution in [3.05, 3.63) is 77.9 Å². The number of ketones is 1. The fraction of sp³-hybridized carbons (Fsp3) is 0.100. The van der Waals surface area contributed by atoms with Crippen LogP contribution < -0.4 is 9.47 Å². The SMILES string of the molecule is C=CCOc1ccc(C=C(C#N)C(=O)c2ccccc2)cc1OC. The zero-order valence-corrected chi connectivity index (χ0v) is 13.4. The zero-order chi connectivity index (χ0) is 17.4. The van der Waals surface area contributed by atoms with E-state index in [4.69, 9.17) is 9.47 Å². The zero-order valence-electron chi connectivity index (χ0n) is 13.4. The van der Waals surface area contributed by atoms with Gasteiger partial charge in [0.05, 0.1) is 7.11 Å². The molecule has 4 heteroatoms. The van der Waals surface area contributed by atoms with Crippen LogP contribution >= 0.6 is 0 Å². The largest absolute Gasteiger partial charge is 0.493 e. The van der Waals surface area contributed by atoms with Gasteiger partial charge >= 0.3 is 0 Å². The molecule has 0 unspecified atom stereocenters. The Balaban J connectivity index is 2.32. The number of ether oxygens (including phenoxy) is 2. The number of hydrogen-bond acceptors (Lipinski definition) is 4. The first-order valence-corrected chi connectivity index (χ1v) is 7.33. The molecule has 2 aromatic carbocycles. The average Bonchev–Trinajstić information content (AvgIpc) is 2.64. The molecular formula is C20H17NO3. The summed E-state index contributed by atoms with van der Waals surface area (Å²) >= 11 is 0. The molecular weight excluding hydrogens is 302 g/mol. The van der Waals surface area contributed by atoms with E-state index >= 15 is 0 Å². The average molecular weight is 319 g/mol. The maximum absolute atomic E-state index is 12.4. The fourth-order valence-corrected chi connectivity index (χ4v) is 2.10. The van der Waals surface area contributed by atoms with Crippen molar-refractivity contribution in [2.24, 2.45) is 0 Å². The minimum absolute atomic E-state index is 0.0583. The third-order valence-electron chi connectivity index (χ3n) is 3.26. The van der Waals surface area contributed by atoms with Gasteiger partial charge in [-0.15, -0.1) is 0 Å². The number of methoxy groups -OCH3 is 1. The predicted molar refractivity (Wildman–Crippen MR) is 93.0 cm³/mol. The van der Waals surface area contributed by atoms with E-state index in [-0.39, 0.29) is 11.4 Å². The Bertz CT molecular complexity index is 801. The van der Waals surface area contributed by atoms with E-state index in [0.717, 1.165) is 0 Å². The fourth-order valence-electron chi connectivity index (χ4n) is 2.10. The molecule has 0 saturated carbocycles. The van der Waals surface area contributed by atoms with Crippen molar-refractivity contribution in [2.75, 3.05) is 13.7 Å². The molecule has 0 spiro atoms. The number of benzene rings is 2. The van der Waals surface area contributed by atoms with E-state index in [0.29, 0.717) is 29.2 Å². The highest BCUT2D eigenvalue weighted by molar-refractivity contribution is 6.14. The Morgan fingerprint density at radius 3 is 2.58 bits per heavy atom. The molecule has 0 bridgehead atoms. The lowest BCUT2D eigenvalue weighted by Gasteiger charge is -2.10. The number of hydrogen-bond donors (Lipinski definition) is 0. The lowest BCUT2D eigenvalue weighted by atomic mass is 10.0. The number of allylic oxidation sites excluding steroid dienone is 1. The molecule has 0 radical (unpaired) electrons. The Morgan fingerprint density at radius 1 is 1.21 bits per heavy atom. The van der Waals surface area contributed by atoms with Crippen molar-refractivity contribution in [3.8, 4) is 17.6 Å². The molecule has 0 aliphatic heterocycles. The van der Waals surface area contributed by atoms with E-state index in [1.54, 1.807) is 48.5 Å². The summed E-state index contributed by atoms with van der Waals surface area (Å²) in [5, 5.41) is 9.31. The van der Waals surface area contributed by atoms with Crippen LogP contribution in [0.25, 0.3) is 6.08 Å². The van der Waals surface area contributed by atoms with Gasteiger partial charge in [-0.05, 0) is 23.8 Å². The lowest BCUT2D eigenvalue weighted by molar-refractivity contribution is 0.104. The van der Waals surface area contributed by atoms with Gasteiger partial charge in [-0.3, -0.25) is 4.79 Å². The predicted octanol–water partition coefficient (Wildman–Crippen LogP) is 4.05. The summed E-state index contributed by atoms with van der Waals surface area (Å²) in [5.74, 6) is 0.779. The highest BCUT2D eigenvalue weighted by Crippen LogP contribution is 2.29. The number of rotatable bonds is 7. The van der Waals surface area contributed by atoms with Gasteiger partial charge in [0.25, 0.3) is 0 Å². The topological polar surface area (TPSA) is 59.3 Å². The number of carbonyl (C=O) groups excluding carboxylic acids is 1. The number of Topliss-reactive ketones (excluding diaryl/α,β-unsaturated/α-hetero) is 1. The summed E-state index contributed by atoms with van der Waals surface area (Å²) in [5.41, 5.74) is 1.21. The Hall–Kier alpha value is -3.32. The maximum Gasteiger partial charge on any atom is 0.203 e. The Morgan fingerprint density at radius 2 is 1.96 bits per heavy atom. The summed E-state index contributed by atoms with van der Waals surface area (Å²) in [4.78, 5) is 12.4. The molecule has 0 aromatic heterocycles.